The van der Waals surface area contributed by atoms with Gasteiger partial charge < -0.3 is 4.90 Å². The molecule has 5 nitrogen and oxygen atoms in total. The molecule has 1 amide bonds. The molecule has 2 aliphatic rings. The predicted octanol–water partition coefficient (Wildman–Crippen LogP) is 2.90. The Morgan fingerprint density at radius 2 is 2.13 bits per heavy atom. The van der Waals surface area contributed by atoms with Crippen molar-refractivity contribution in [2.24, 2.45) is 0 Å². The largest absolute Gasteiger partial charge is 0.331 e. The Bertz CT molecular complexity index is 780. The van der Waals surface area contributed by atoms with E-state index in [-0.39, 0.29) is 19.0 Å². The van der Waals surface area contributed by atoms with Gasteiger partial charge in [-0.25, -0.2) is 9.07 Å². The number of aromatic nitrogens is 3. The second-order valence-electron chi connectivity index (χ2n) is 6.40. The van der Waals surface area contributed by atoms with Crippen LogP contribution in [-0.4, -0.2) is 38.9 Å². The number of aryl methyl sites for hydroxylation is 1. The number of benzene rings is 1. The van der Waals surface area contributed by atoms with Crippen LogP contribution in [0.1, 0.15) is 40.5 Å². The molecule has 2 heterocycles. The van der Waals surface area contributed by atoms with Gasteiger partial charge in [-0.1, -0.05) is 22.9 Å². The lowest BCUT2D eigenvalue weighted by atomic mass is 9.91. The van der Waals surface area contributed by atoms with E-state index >= 15 is 0 Å². The van der Waals surface area contributed by atoms with Gasteiger partial charge in [0.1, 0.15) is 5.69 Å². The number of carbonyl (C=O) groups excluding carboxylic acids is 1. The molecule has 2 aromatic rings. The van der Waals surface area contributed by atoms with Gasteiger partial charge in [0, 0.05) is 10.6 Å². The SMILES string of the molecule is Cc1ccc(Cl)cc1C(=O)N1CC(F)(c2cn(C3CC3)nn2)C1. The molecule has 1 saturated carbocycles. The van der Waals surface area contributed by atoms with Gasteiger partial charge in [-0.3, -0.25) is 4.79 Å². The van der Waals surface area contributed by atoms with Crippen molar-refractivity contribution in [2.45, 2.75) is 31.5 Å². The number of rotatable bonds is 3. The van der Waals surface area contributed by atoms with Gasteiger partial charge >= 0.3 is 0 Å². The fourth-order valence-corrected chi connectivity index (χ4v) is 3.03. The number of halogens is 2. The van der Waals surface area contributed by atoms with E-state index in [4.69, 9.17) is 11.6 Å². The molecule has 0 N–H and O–H groups in total. The lowest BCUT2D eigenvalue weighted by Crippen LogP contribution is -2.59. The van der Waals surface area contributed by atoms with E-state index in [9.17, 15) is 9.18 Å². The first kappa shape index (κ1) is 14.6. The summed E-state index contributed by atoms with van der Waals surface area (Å²) in [4.78, 5) is 14.0. The molecule has 1 aromatic carbocycles. The Balaban J connectivity index is 1.49. The van der Waals surface area contributed by atoms with Crippen molar-refractivity contribution in [3.8, 4) is 0 Å². The van der Waals surface area contributed by atoms with Crippen LogP contribution in [0.25, 0.3) is 0 Å². The predicted molar refractivity (Wildman–Crippen MR) is 83.2 cm³/mol. The molecule has 1 saturated heterocycles. The summed E-state index contributed by atoms with van der Waals surface area (Å²) in [6.45, 7) is 1.84. The van der Waals surface area contributed by atoms with Gasteiger partial charge in [-0.15, -0.1) is 5.10 Å². The fourth-order valence-electron chi connectivity index (χ4n) is 2.86. The summed E-state index contributed by atoms with van der Waals surface area (Å²) in [5, 5.41) is 8.43. The standard InChI is InChI=1S/C16H16ClFN4O/c1-10-2-3-11(17)6-13(10)15(23)21-8-16(18,9-21)14-7-22(20-19-14)12-4-5-12/h2-3,6-7,12H,4-5,8-9H2,1H3. The third-order valence-electron chi connectivity index (χ3n) is 4.49. The van der Waals surface area contributed by atoms with Crippen LogP contribution in [-0.2, 0) is 5.67 Å². The van der Waals surface area contributed by atoms with Gasteiger partial charge in [0.15, 0.2) is 5.67 Å². The Morgan fingerprint density at radius 3 is 2.83 bits per heavy atom. The van der Waals surface area contributed by atoms with Crippen molar-refractivity contribution in [2.75, 3.05) is 13.1 Å². The zero-order valence-electron chi connectivity index (χ0n) is 12.7. The van der Waals surface area contributed by atoms with Crippen LogP contribution in [0, 0.1) is 6.92 Å². The number of hydrogen-bond donors (Lipinski definition) is 0. The third kappa shape index (κ3) is 2.51. The molecule has 120 valence electrons. The average Bonchev–Trinajstić information content (AvgIpc) is 3.23. The number of likely N-dealkylation sites (tertiary alicyclic amines) is 1. The first-order valence-corrected chi connectivity index (χ1v) is 8.01. The smallest absolute Gasteiger partial charge is 0.254 e. The van der Waals surface area contributed by atoms with E-state index in [0.717, 1.165) is 18.4 Å². The van der Waals surface area contributed by atoms with Crippen LogP contribution in [0.5, 0.6) is 0 Å². The van der Waals surface area contributed by atoms with Crippen molar-refractivity contribution in [3.05, 3.63) is 46.2 Å². The van der Waals surface area contributed by atoms with Gasteiger partial charge in [0.05, 0.1) is 25.3 Å². The highest BCUT2D eigenvalue weighted by molar-refractivity contribution is 6.31. The van der Waals surface area contributed by atoms with Gasteiger partial charge in [0.25, 0.3) is 5.91 Å². The normalized spacial score (nSPS) is 19.5. The first-order valence-electron chi connectivity index (χ1n) is 7.63. The van der Waals surface area contributed by atoms with Gasteiger partial charge in [-0.05, 0) is 37.5 Å². The minimum absolute atomic E-state index is 0.00114. The Hall–Kier alpha value is -1.95. The summed E-state index contributed by atoms with van der Waals surface area (Å²) < 4.78 is 16.6. The Kier molecular flexibility index (Phi) is 3.20. The third-order valence-corrected chi connectivity index (χ3v) is 4.73. The first-order chi connectivity index (χ1) is 11.0. The van der Waals surface area contributed by atoms with Crippen LogP contribution in [0.4, 0.5) is 4.39 Å². The van der Waals surface area contributed by atoms with Crippen LogP contribution in [0.3, 0.4) is 0 Å². The summed E-state index contributed by atoms with van der Waals surface area (Å²) >= 11 is 5.95. The van der Waals surface area contributed by atoms with Crippen molar-refractivity contribution in [1.82, 2.24) is 19.9 Å². The van der Waals surface area contributed by atoms with Gasteiger partial charge in [0.2, 0.25) is 0 Å². The lowest BCUT2D eigenvalue weighted by molar-refractivity contribution is -0.0258. The lowest BCUT2D eigenvalue weighted by Gasteiger charge is -2.43. The summed E-state index contributed by atoms with van der Waals surface area (Å²) in [5.74, 6) is -0.201. The molecule has 2 fully saturated rings. The number of alkyl halides is 1. The summed E-state index contributed by atoms with van der Waals surface area (Å²) in [5.41, 5.74) is 0.0582. The zero-order valence-corrected chi connectivity index (χ0v) is 13.4. The molecule has 0 atom stereocenters. The van der Waals surface area contributed by atoms with E-state index in [1.807, 2.05) is 6.92 Å². The molecule has 0 radical (unpaired) electrons. The molecule has 0 spiro atoms. The zero-order chi connectivity index (χ0) is 16.2. The van der Waals surface area contributed by atoms with Crippen LogP contribution in [0.15, 0.2) is 24.4 Å². The van der Waals surface area contributed by atoms with Crippen molar-refractivity contribution in [3.63, 3.8) is 0 Å². The topological polar surface area (TPSA) is 51.0 Å². The molecule has 1 aliphatic carbocycles. The monoisotopic (exact) mass is 334 g/mol. The van der Waals surface area contributed by atoms with Crippen LogP contribution >= 0.6 is 11.6 Å². The second-order valence-corrected chi connectivity index (χ2v) is 6.84. The molecule has 1 aliphatic heterocycles. The number of nitrogens with zero attached hydrogens (tertiary/aromatic N) is 4. The second kappa shape index (κ2) is 5.03. The molecule has 4 rings (SSSR count). The summed E-state index contributed by atoms with van der Waals surface area (Å²) in [7, 11) is 0. The minimum Gasteiger partial charge on any atom is -0.331 e. The molecule has 23 heavy (non-hydrogen) atoms. The molecular weight excluding hydrogens is 319 g/mol. The quantitative estimate of drug-likeness (QED) is 0.867. The van der Waals surface area contributed by atoms with Crippen molar-refractivity contribution in [1.29, 1.82) is 0 Å². The maximum absolute atomic E-state index is 14.9. The maximum Gasteiger partial charge on any atom is 0.254 e. The summed E-state index contributed by atoms with van der Waals surface area (Å²) in [6, 6.07) is 5.52. The van der Waals surface area contributed by atoms with E-state index in [1.165, 1.54) is 4.90 Å². The fraction of sp³-hybridized carbons (Fsp3) is 0.438. The molecular formula is C16H16ClFN4O. The Labute approximate surface area is 138 Å². The minimum atomic E-state index is -1.60. The van der Waals surface area contributed by atoms with Crippen molar-refractivity contribution >= 4 is 17.5 Å². The number of amides is 1. The van der Waals surface area contributed by atoms with Crippen molar-refractivity contribution < 1.29 is 9.18 Å². The highest BCUT2D eigenvalue weighted by Crippen LogP contribution is 2.39. The Morgan fingerprint density at radius 1 is 1.39 bits per heavy atom. The average molecular weight is 335 g/mol. The molecule has 1 aromatic heterocycles. The highest BCUT2D eigenvalue weighted by Gasteiger charge is 2.50. The van der Waals surface area contributed by atoms with Gasteiger partial charge in [-0.2, -0.15) is 0 Å². The molecule has 0 bridgehead atoms. The maximum atomic E-state index is 14.9. The molecule has 7 heteroatoms. The summed E-state index contributed by atoms with van der Waals surface area (Å²) in [6.07, 6.45) is 3.81. The van der Waals surface area contributed by atoms with E-state index in [0.29, 0.717) is 22.3 Å². The number of carbonyl (C=O) groups is 1. The highest BCUT2D eigenvalue weighted by atomic mass is 35.5. The van der Waals surface area contributed by atoms with E-state index < -0.39 is 5.67 Å². The molecule has 0 unspecified atom stereocenters. The van der Waals surface area contributed by atoms with Crippen LogP contribution < -0.4 is 0 Å². The van der Waals surface area contributed by atoms with E-state index in [1.54, 1.807) is 29.1 Å². The van der Waals surface area contributed by atoms with E-state index in [2.05, 4.69) is 10.3 Å². The van der Waals surface area contributed by atoms with Crippen LogP contribution in [0.2, 0.25) is 5.02 Å². The number of hydrogen-bond acceptors (Lipinski definition) is 3.